The monoisotopic (exact) mass is 402 g/mol. The van der Waals surface area contributed by atoms with E-state index >= 15 is 0 Å². The Morgan fingerprint density at radius 2 is 1.34 bits per heavy atom. The third kappa shape index (κ3) is 3.12. The zero-order valence-corrected chi connectivity index (χ0v) is 16.6. The minimum atomic E-state index is -1.83. The Labute approximate surface area is 174 Å². The van der Waals surface area contributed by atoms with Gasteiger partial charge in [-0.2, -0.15) is 0 Å². The lowest BCUT2D eigenvalue weighted by molar-refractivity contribution is 0.0829. The summed E-state index contributed by atoms with van der Waals surface area (Å²) in [5.41, 5.74) is 2.75. The number of alkyl halides is 1. The average Bonchev–Trinajstić information content (AvgIpc) is 2.95. The molecule has 0 radical (unpaired) electrons. The second kappa shape index (κ2) is 7.41. The minimum Gasteiger partial charge on any atom is -0.294 e. The number of hydrogen-bond acceptors (Lipinski definition) is 3. The molecule has 0 spiro atoms. The van der Waals surface area contributed by atoms with Crippen molar-refractivity contribution in [3.8, 4) is 0 Å². The predicted octanol–water partition coefficient (Wildman–Crippen LogP) is 5.41. The van der Waals surface area contributed by atoms with Crippen LogP contribution in [0.2, 0.25) is 0 Å². The molecule has 3 aromatic carbocycles. The molecule has 0 N–H and O–H groups in total. The van der Waals surface area contributed by atoms with Crippen molar-refractivity contribution in [1.82, 2.24) is 0 Å². The van der Waals surface area contributed by atoms with E-state index in [1.807, 2.05) is 49.4 Å². The van der Waals surface area contributed by atoms with E-state index in [2.05, 4.69) is 0 Å². The molecule has 1 atom stereocenters. The molecule has 1 aliphatic carbocycles. The summed E-state index contributed by atoms with van der Waals surface area (Å²) in [6, 6.07) is 23.0. The van der Waals surface area contributed by atoms with Gasteiger partial charge < -0.3 is 0 Å². The van der Waals surface area contributed by atoms with Crippen LogP contribution in [0.3, 0.4) is 0 Å². The van der Waals surface area contributed by atoms with E-state index in [0.29, 0.717) is 22.3 Å². The maximum Gasteiger partial charge on any atom is 0.193 e. The molecular weight excluding hydrogens is 384 g/mol. The second-order valence-corrected chi connectivity index (χ2v) is 7.92. The molecule has 144 valence electrons. The van der Waals surface area contributed by atoms with E-state index in [1.165, 1.54) is 0 Å². The molecule has 3 nitrogen and oxygen atoms in total. The zero-order valence-electron chi connectivity index (χ0n) is 15.9. The van der Waals surface area contributed by atoms with Crippen LogP contribution in [0, 0.1) is 6.92 Å². The highest BCUT2D eigenvalue weighted by Gasteiger charge is 2.57. The van der Waals surface area contributed by atoms with Crippen molar-refractivity contribution in [2.24, 2.45) is 0 Å². The number of carbonyl (C=O) groups is 3. The van der Waals surface area contributed by atoms with Crippen molar-refractivity contribution in [2.75, 3.05) is 0 Å². The molecule has 0 saturated carbocycles. The Balaban J connectivity index is 1.81. The van der Waals surface area contributed by atoms with Crippen molar-refractivity contribution < 1.29 is 14.4 Å². The summed E-state index contributed by atoms with van der Waals surface area (Å²) in [7, 11) is 0. The lowest BCUT2D eigenvalue weighted by Gasteiger charge is -2.29. The third-order valence-electron chi connectivity index (χ3n) is 5.59. The van der Waals surface area contributed by atoms with Crippen molar-refractivity contribution in [2.45, 2.75) is 24.1 Å². The second-order valence-electron chi connectivity index (χ2n) is 7.32. The molecule has 3 aromatic rings. The van der Waals surface area contributed by atoms with Crippen molar-refractivity contribution >= 4 is 29.0 Å². The van der Waals surface area contributed by atoms with Crippen LogP contribution < -0.4 is 0 Å². The van der Waals surface area contributed by atoms with Gasteiger partial charge >= 0.3 is 0 Å². The molecule has 1 unspecified atom stereocenters. The van der Waals surface area contributed by atoms with Crippen LogP contribution in [0.1, 0.15) is 54.5 Å². The minimum absolute atomic E-state index is 0.0379. The third-order valence-corrected chi connectivity index (χ3v) is 6.20. The summed E-state index contributed by atoms with van der Waals surface area (Å²) < 4.78 is 0. The van der Waals surface area contributed by atoms with Crippen LogP contribution in [0.5, 0.6) is 0 Å². The van der Waals surface area contributed by atoms with E-state index < -0.39 is 22.4 Å². The fraction of sp³-hybridized carbons (Fsp3) is 0.160. The lowest BCUT2D eigenvalue weighted by Crippen LogP contribution is -2.42. The molecule has 0 saturated heterocycles. The molecule has 0 heterocycles. The highest BCUT2D eigenvalue weighted by Crippen LogP contribution is 2.47. The molecule has 1 aliphatic rings. The van der Waals surface area contributed by atoms with Gasteiger partial charge in [-0.25, -0.2) is 0 Å². The van der Waals surface area contributed by atoms with Crippen molar-refractivity contribution in [1.29, 1.82) is 0 Å². The first kappa shape index (κ1) is 19.3. The van der Waals surface area contributed by atoms with Crippen LogP contribution in [-0.4, -0.2) is 22.2 Å². The van der Waals surface area contributed by atoms with Gasteiger partial charge in [0.1, 0.15) is 0 Å². The normalized spacial score (nSPS) is 15.8. The van der Waals surface area contributed by atoms with E-state index in [0.717, 1.165) is 5.56 Å². The van der Waals surface area contributed by atoms with Gasteiger partial charge in [-0.3, -0.25) is 14.4 Å². The molecule has 0 amide bonds. The largest absolute Gasteiger partial charge is 0.294 e. The first-order valence-corrected chi connectivity index (χ1v) is 9.83. The molecule has 0 aromatic heterocycles. The molecule has 0 fully saturated rings. The number of fused-ring (bicyclic) bond motifs is 1. The Bertz CT molecular complexity index is 1080. The SMILES string of the molecule is Cc1ccccc1C(=O)CC(c1ccccc1)C1(Cl)C(=O)c2ccccc2C1=O. The quantitative estimate of drug-likeness (QED) is 0.326. The van der Waals surface area contributed by atoms with Crippen LogP contribution >= 0.6 is 11.6 Å². The van der Waals surface area contributed by atoms with Crippen molar-refractivity contribution in [3.05, 3.63) is 107 Å². The van der Waals surface area contributed by atoms with E-state index in [4.69, 9.17) is 11.6 Å². The summed E-state index contributed by atoms with van der Waals surface area (Å²) in [5, 5.41) is 0. The number of carbonyl (C=O) groups excluding carboxylic acids is 3. The highest BCUT2D eigenvalue weighted by atomic mass is 35.5. The van der Waals surface area contributed by atoms with Gasteiger partial charge in [0.2, 0.25) is 0 Å². The highest BCUT2D eigenvalue weighted by molar-refractivity contribution is 6.56. The van der Waals surface area contributed by atoms with Gasteiger partial charge in [-0.15, -0.1) is 11.6 Å². The van der Waals surface area contributed by atoms with Crippen LogP contribution in [0.4, 0.5) is 0 Å². The lowest BCUT2D eigenvalue weighted by atomic mass is 9.78. The van der Waals surface area contributed by atoms with Gasteiger partial charge in [0, 0.05) is 29.0 Å². The first-order valence-electron chi connectivity index (χ1n) is 9.46. The number of aryl methyl sites for hydroxylation is 1. The summed E-state index contributed by atoms with van der Waals surface area (Å²) in [6.07, 6.45) is -0.0379. The summed E-state index contributed by atoms with van der Waals surface area (Å²) in [5.74, 6) is -1.80. The molecule has 4 rings (SSSR count). The topological polar surface area (TPSA) is 51.2 Å². The Morgan fingerprint density at radius 3 is 1.93 bits per heavy atom. The van der Waals surface area contributed by atoms with Crippen LogP contribution in [0.25, 0.3) is 0 Å². The summed E-state index contributed by atoms with van der Waals surface area (Å²) >= 11 is 6.86. The maximum atomic E-state index is 13.3. The van der Waals surface area contributed by atoms with Gasteiger partial charge in [0.25, 0.3) is 0 Å². The van der Waals surface area contributed by atoms with E-state index in [9.17, 15) is 14.4 Å². The zero-order chi connectivity index (χ0) is 20.6. The van der Waals surface area contributed by atoms with E-state index in [1.54, 1.807) is 36.4 Å². The molecular formula is C25H19ClO3. The Hall–Kier alpha value is -3.04. The number of Topliss-reactive ketones (excluding diaryl/α,β-unsaturated/α-hetero) is 3. The van der Waals surface area contributed by atoms with Crippen LogP contribution in [0.15, 0.2) is 78.9 Å². The van der Waals surface area contributed by atoms with Gasteiger partial charge in [-0.1, -0.05) is 78.9 Å². The van der Waals surface area contributed by atoms with Crippen LogP contribution in [-0.2, 0) is 0 Å². The van der Waals surface area contributed by atoms with Gasteiger partial charge in [0.05, 0.1) is 0 Å². The fourth-order valence-corrected chi connectivity index (χ4v) is 4.45. The summed E-state index contributed by atoms with van der Waals surface area (Å²) in [6.45, 7) is 1.86. The number of hydrogen-bond donors (Lipinski definition) is 0. The molecule has 0 aliphatic heterocycles. The van der Waals surface area contributed by atoms with Gasteiger partial charge in [0.15, 0.2) is 22.2 Å². The predicted molar refractivity (Wildman–Crippen MR) is 113 cm³/mol. The standard InChI is InChI=1S/C25H19ClO3/c1-16-9-5-6-12-18(16)22(27)15-21(17-10-3-2-4-11-17)25(26)23(28)19-13-7-8-14-20(19)24(25)29/h2-14,21H,15H2,1H3. The average molecular weight is 403 g/mol. The number of halogens is 1. The summed E-state index contributed by atoms with van der Waals surface area (Å²) in [4.78, 5) is 37.9. The number of ketones is 3. The number of rotatable bonds is 5. The number of benzene rings is 3. The van der Waals surface area contributed by atoms with Gasteiger partial charge in [-0.05, 0) is 18.1 Å². The Morgan fingerprint density at radius 1 is 0.828 bits per heavy atom. The molecule has 4 heteroatoms. The fourth-order valence-electron chi connectivity index (χ4n) is 4.05. The Kier molecular flexibility index (Phi) is 4.93. The van der Waals surface area contributed by atoms with Crippen molar-refractivity contribution in [3.63, 3.8) is 0 Å². The first-order chi connectivity index (χ1) is 13.9. The molecule has 0 bridgehead atoms. The maximum absolute atomic E-state index is 13.3. The smallest absolute Gasteiger partial charge is 0.193 e. The molecule has 29 heavy (non-hydrogen) atoms. The van der Waals surface area contributed by atoms with E-state index in [-0.39, 0.29) is 12.2 Å².